The van der Waals surface area contributed by atoms with Crippen molar-refractivity contribution in [1.82, 2.24) is 10.6 Å². The van der Waals surface area contributed by atoms with Crippen LogP contribution in [0.5, 0.6) is 0 Å². The molecule has 1 aromatic carbocycles. The van der Waals surface area contributed by atoms with Crippen molar-refractivity contribution in [3.63, 3.8) is 0 Å². The Morgan fingerprint density at radius 2 is 1.92 bits per heavy atom. The van der Waals surface area contributed by atoms with Crippen molar-refractivity contribution in [2.24, 2.45) is 10.9 Å². The van der Waals surface area contributed by atoms with Gasteiger partial charge in [-0.3, -0.25) is 9.79 Å². The zero-order valence-corrected chi connectivity index (χ0v) is 18.6. The smallest absolute Gasteiger partial charge is 0.227 e. The van der Waals surface area contributed by atoms with Gasteiger partial charge in [0.05, 0.1) is 0 Å². The molecule has 0 aliphatic heterocycles. The number of nitrogens with one attached hydrogen (secondary N) is 3. The van der Waals surface area contributed by atoms with E-state index < -0.39 is 0 Å². The molecule has 0 spiro atoms. The van der Waals surface area contributed by atoms with Crippen molar-refractivity contribution < 1.29 is 4.79 Å². The lowest BCUT2D eigenvalue weighted by atomic mass is 10.1. The molecule has 0 aliphatic rings. The number of hydrogen-bond acceptors (Lipinski definition) is 3. The fourth-order valence-electron chi connectivity index (χ4n) is 2.20. The average molecular weight is 486 g/mol. The van der Waals surface area contributed by atoms with Gasteiger partial charge in [-0.05, 0) is 46.5 Å². The van der Waals surface area contributed by atoms with Gasteiger partial charge in [0.25, 0.3) is 0 Å². The van der Waals surface area contributed by atoms with Crippen molar-refractivity contribution in [2.75, 3.05) is 12.4 Å². The first kappa shape index (κ1) is 22.4. The molecular formula is C19H27IN4OS. The Kier molecular flexibility index (Phi) is 10.3. The number of anilines is 1. The number of benzene rings is 1. The molecule has 0 fully saturated rings. The molecule has 2 aromatic rings. The van der Waals surface area contributed by atoms with E-state index in [0.29, 0.717) is 6.54 Å². The summed E-state index contributed by atoms with van der Waals surface area (Å²) in [5.41, 5.74) is 3.15. The largest absolute Gasteiger partial charge is 0.352 e. The molecule has 0 aliphatic carbocycles. The molecule has 0 saturated heterocycles. The van der Waals surface area contributed by atoms with Gasteiger partial charge in [0, 0.05) is 31.7 Å². The second-order valence-electron chi connectivity index (χ2n) is 5.91. The van der Waals surface area contributed by atoms with E-state index in [2.05, 4.69) is 37.8 Å². The minimum Gasteiger partial charge on any atom is -0.352 e. The number of nitrogens with zero attached hydrogens (tertiary/aromatic N) is 1. The lowest BCUT2D eigenvalue weighted by Gasteiger charge is -2.13. The van der Waals surface area contributed by atoms with Gasteiger partial charge in [0.15, 0.2) is 5.96 Å². The van der Waals surface area contributed by atoms with Gasteiger partial charge in [0.2, 0.25) is 5.91 Å². The van der Waals surface area contributed by atoms with Crippen LogP contribution in [0.2, 0.25) is 0 Å². The van der Waals surface area contributed by atoms with E-state index in [1.807, 2.05) is 38.1 Å². The summed E-state index contributed by atoms with van der Waals surface area (Å²) in [6.07, 6.45) is 0.833. The number of guanidine groups is 1. The summed E-state index contributed by atoms with van der Waals surface area (Å²) in [5.74, 6) is 0.822. The first-order valence-electron chi connectivity index (χ1n) is 8.47. The summed E-state index contributed by atoms with van der Waals surface area (Å²) in [6.45, 7) is 5.33. The number of carbonyl (C=O) groups excluding carboxylic acids is 1. The van der Waals surface area contributed by atoms with Crippen LogP contribution in [-0.4, -0.2) is 18.9 Å². The molecule has 2 rings (SSSR count). The van der Waals surface area contributed by atoms with Crippen LogP contribution in [0.25, 0.3) is 0 Å². The molecule has 1 unspecified atom stereocenters. The van der Waals surface area contributed by atoms with E-state index in [0.717, 1.165) is 30.2 Å². The Bertz CT molecular complexity index is 703. The second-order valence-corrected chi connectivity index (χ2v) is 6.69. The third-order valence-corrected chi connectivity index (χ3v) is 4.71. The third kappa shape index (κ3) is 7.33. The molecule has 7 heteroatoms. The highest BCUT2D eigenvalue weighted by atomic mass is 127. The predicted octanol–water partition coefficient (Wildman–Crippen LogP) is 4.22. The standard InChI is InChI=1S/C19H26N4OS.HI/c1-4-14(2)18(24)23-17-7-5-6-15(10-17)11-21-19(20-3)22-12-16-8-9-25-13-16;/h5-10,13-14H,4,11-12H2,1-3H3,(H,23,24)(H2,20,21,22);1H. The highest BCUT2D eigenvalue weighted by Crippen LogP contribution is 2.13. The fourth-order valence-corrected chi connectivity index (χ4v) is 2.86. The number of aliphatic imine (C=N–C) groups is 1. The van der Waals surface area contributed by atoms with E-state index in [4.69, 9.17) is 0 Å². The third-order valence-electron chi connectivity index (χ3n) is 3.98. The molecule has 0 saturated carbocycles. The van der Waals surface area contributed by atoms with Crippen molar-refractivity contribution in [3.05, 3.63) is 52.2 Å². The summed E-state index contributed by atoms with van der Waals surface area (Å²) < 4.78 is 0. The Labute approximate surface area is 176 Å². The van der Waals surface area contributed by atoms with Crippen molar-refractivity contribution >= 4 is 52.9 Å². The van der Waals surface area contributed by atoms with Crippen molar-refractivity contribution in [1.29, 1.82) is 0 Å². The molecule has 142 valence electrons. The summed E-state index contributed by atoms with van der Waals surface area (Å²) in [7, 11) is 1.76. The molecule has 0 bridgehead atoms. The summed E-state index contributed by atoms with van der Waals surface area (Å²) in [5, 5.41) is 13.7. The number of halogens is 1. The highest BCUT2D eigenvalue weighted by Gasteiger charge is 2.10. The first-order valence-corrected chi connectivity index (χ1v) is 9.42. The van der Waals surface area contributed by atoms with Crippen LogP contribution >= 0.6 is 35.3 Å². The molecular weight excluding hydrogens is 459 g/mol. The lowest BCUT2D eigenvalue weighted by Crippen LogP contribution is -2.36. The quantitative estimate of drug-likeness (QED) is 0.312. The van der Waals surface area contributed by atoms with Gasteiger partial charge in [-0.15, -0.1) is 24.0 Å². The molecule has 3 N–H and O–H groups in total. The zero-order chi connectivity index (χ0) is 18.1. The molecule has 0 radical (unpaired) electrons. The topological polar surface area (TPSA) is 65.5 Å². The van der Waals surface area contributed by atoms with Crippen LogP contribution in [0.1, 0.15) is 31.4 Å². The Morgan fingerprint density at radius 1 is 1.19 bits per heavy atom. The SMILES string of the molecule is CCC(C)C(=O)Nc1cccc(CNC(=NC)NCc2ccsc2)c1.I. The van der Waals surface area contributed by atoms with Crippen molar-refractivity contribution in [3.8, 4) is 0 Å². The molecule has 1 atom stereocenters. The molecule has 5 nitrogen and oxygen atoms in total. The fraction of sp³-hybridized carbons (Fsp3) is 0.368. The minimum absolute atomic E-state index is 0. The number of hydrogen-bond donors (Lipinski definition) is 3. The Hall–Kier alpha value is -1.61. The van der Waals surface area contributed by atoms with Crippen LogP contribution in [-0.2, 0) is 17.9 Å². The van der Waals surface area contributed by atoms with E-state index in [1.165, 1.54) is 5.56 Å². The highest BCUT2D eigenvalue weighted by molar-refractivity contribution is 14.0. The maximum atomic E-state index is 12.0. The van der Waals surface area contributed by atoms with Gasteiger partial charge >= 0.3 is 0 Å². The normalized spacial score (nSPS) is 12.0. The number of carbonyl (C=O) groups is 1. The monoisotopic (exact) mass is 486 g/mol. The zero-order valence-electron chi connectivity index (χ0n) is 15.4. The maximum absolute atomic E-state index is 12.0. The molecule has 1 aromatic heterocycles. The second kappa shape index (κ2) is 11.9. The van der Waals surface area contributed by atoms with Crippen molar-refractivity contribution in [2.45, 2.75) is 33.4 Å². The van der Waals surface area contributed by atoms with Crippen LogP contribution in [0, 0.1) is 5.92 Å². The number of rotatable bonds is 7. The Balaban J connectivity index is 0.00000338. The van der Waals surface area contributed by atoms with Gasteiger partial charge in [-0.25, -0.2) is 0 Å². The van der Waals surface area contributed by atoms with E-state index in [-0.39, 0.29) is 35.8 Å². The van der Waals surface area contributed by atoms with Gasteiger partial charge in [-0.2, -0.15) is 11.3 Å². The van der Waals surface area contributed by atoms with Gasteiger partial charge < -0.3 is 16.0 Å². The summed E-state index contributed by atoms with van der Waals surface area (Å²) in [6, 6.07) is 9.96. The Morgan fingerprint density at radius 3 is 2.54 bits per heavy atom. The van der Waals surface area contributed by atoms with E-state index >= 15 is 0 Å². The number of thiophene rings is 1. The van der Waals surface area contributed by atoms with E-state index in [9.17, 15) is 4.79 Å². The van der Waals surface area contributed by atoms with Gasteiger partial charge in [0.1, 0.15) is 0 Å². The van der Waals surface area contributed by atoms with Gasteiger partial charge in [-0.1, -0.05) is 26.0 Å². The average Bonchev–Trinajstić information content (AvgIpc) is 3.15. The van der Waals surface area contributed by atoms with Crippen LogP contribution in [0.4, 0.5) is 5.69 Å². The maximum Gasteiger partial charge on any atom is 0.227 e. The van der Waals surface area contributed by atoms with E-state index in [1.54, 1.807) is 18.4 Å². The van der Waals surface area contributed by atoms with Crippen LogP contribution in [0.15, 0.2) is 46.1 Å². The van der Waals surface area contributed by atoms with Crippen LogP contribution < -0.4 is 16.0 Å². The minimum atomic E-state index is 0. The molecule has 1 amide bonds. The predicted molar refractivity (Wildman–Crippen MR) is 121 cm³/mol. The number of amides is 1. The first-order chi connectivity index (χ1) is 12.1. The summed E-state index contributed by atoms with van der Waals surface area (Å²) >= 11 is 1.68. The molecule has 26 heavy (non-hydrogen) atoms. The lowest BCUT2D eigenvalue weighted by molar-refractivity contribution is -0.119. The summed E-state index contributed by atoms with van der Waals surface area (Å²) in [4.78, 5) is 16.2. The molecule has 1 heterocycles. The van der Waals surface area contributed by atoms with Crippen LogP contribution in [0.3, 0.4) is 0 Å².